The van der Waals surface area contributed by atoms with Crippen molar-refractivity contribution in [1.82, 2.24) is 5.43 Å². The lowest BCUT2D eigenvalue weighted by Gasteiger charge is -2.06. The van der Waals surface area contributed by atoms with Gasteiger partial charge in [-0.1, -0.05) is 11.6 Å². The maximum atomic E-state index is 11.9. The minimum atomic E-state index is -0.439. The monoisotopic (exact) mass is 455 g/mol. The van der Waals surface area contributed by atoms with Crippen molar-refractivity contribution in [3.63, 3.8) is 0 Å². The summed E-state index contributed by atoms with van der Waals surface area (Å²) in [6.07, 6.45) is 1.55. The number of ether oxygens (including phenoxy) is 1. The zero-order chi connectivity index (χ0) is 22.1. The van der Waals surface area contributed by atoms with Gasteiger partial charge in [0.15, 0.2) is 0 Å². The Kier molecular flexibility index (Phi) is 8.03. The number of non-ortho nitro benzene ring substituents is 1. The molecular formula is C22H18ClN3O4S. The molecule has 0 saturated heterocycles. The van der Waals surface area contributed by atoms with Gasteiger partial charge in [-0.25, -0.2) is 5.43 Å². The van der Waals surface area contributed by atoms with Gasteiger partial charge >= 0.3 is 0 Å². The third-order valence-electron chi connectivity index (χ3n) is 4.02. The standard InChI is InChI=1S/C22H18ClN3O4S/c23-18-5-11-21(12-6-18)31-15-22(27)25-24-13-16-3-9-20(10-4-16)30-14-17-1-7-19(8-2-17)26(28)29/h1-13H,14-15H2,(H,25,27)/b24-13-. The topological polar surface area (TPSA) is 93.8 Å². The van der Waals surface area contributed by atoms with Gasteiger partial charge in [0.1, 0.15) is 12.4 Å². The van der Waals surface area contributed by atoms with E-state index in [1.807, 2.05) is 24.3 Å². The molecule has 0 spiro atoms. The minimum absolute atomic E-state index is 0.0445. The molecule has 3 rings (SSSR count). The van der Waals surface area contributed by atoms with E-state index >= 15 is 0 Å². The predicted molar refractivity (Wildman–Crippen MR) is 122 cm³/mol. The number of halogens is 1. The highest BCUT2D eigenvalue weighted by Crippen LogP contribution is 2.20. The molecule has 0 aromatic heterocycles. The van der Waals surface area contributed by atoms with Crippen molar-refractivity contribution in [2.24, 2.45) is 5.10 Å². The maximum Gasteiger partial charge on any atom is 0.269 e. The number of carbonyl (C=O) groups excluding carboxylic acids is 1. The predicted octanol–water partition coefficient (Wildman–Crippen LogP) is 5.07. The SMILES string of the molecule is O=C(CSc1ccc(Cl)cc1)N/N=C\c1ccc(OCc2ccc([N+](=O)[O-])cc2)cc1. The first-order valence-corrected chi connectivity index (χ1v) is 10.5. The van der Waals surface area contributed by atoms with E-state index in [9.17, 15) is 14.9 Å². The Bertz CT molecular complexity index is 1060. The first-order valence-electron chi connectivity index (χ1n) is 9.16. The van der Waals surface area contributed by atoms with E-state index < -0.39 is 4.92 Å². The lowest BCUT2D eigenvalue weighted by molar-refractivity contribution is -0.384. The van der Waals surface area contributed by atoms with Crippen LogP contribution in [-0.4, -0.2) is 22.8 Å². The molecule has 31 heavy (non-hydrogen) atoms. The fourth-order valence-corrected chi connectivity index (χ4v) is 3.24. The Morgan fingerprint density at radius 1 is 1.06 bits per heavy atom. The van der Waals surface area contributed by atoms with Crippen molar-refractivity contribution >= 4 is 41.2 Å². The van der Waals surface area contributed by atoms with Crippen LogP contribution in [0.3, 0.4) is 0 Å². The van der Waals surface area contributed by atoms with Crippen LogP contribution in [-0.2, 0) is 11.4 Å². The third kappa shape index (κ3) is 7.44. The van der Waals surface area contributed by atoms with Gasteiger partial charge in [0.2, 0.25) is 5.91 Å². The maximum absolute atomic E-state index is 11.9. The third-order valence-corrected chi connectivity index (χ3v) is 5.28. The number of nitro benzene ring substituents is 1. The molecule has 0 radical (unpaired) electrons. The summed E-state index contributed by atoms with van der Waals surface area (Å²) in [4.78, 5) is 23.1. The van der Waals surface area contributed by atoms with E-state index in [4.69, 9.17) is 16.3 Å². The van der Waals surface area contributed by atoms with E-state index in [1.54, 1.807) is 42.6 Å². The van der Waals surface area contributed by atoms with Gasteiger partial charge in [-0.3, -0.25) is 14.9 Å². The number of hydrogen-bond acceptors (Lipinski definition) is 6. The number of amides is 1. The van der Waals surface area contributed by atoms with E-state index in [2.05, 4.69) is 10.5 Å². The number of nitro groups is 1. The molecule has 0 aliphatic carbocycles. The van der Waals surface area contributed by atoms with Gasteiger partial charge in [0, 0.05) is 22.1 Å². The van der Waals surface area contributed by atoms with Gasteiger partial charge in [-0.2, -0.15) is 5.10 Å². The number of thioether (sulfide) groups is 1. The number of hydrazone groups is 1. The second-order valence-electron chi connectivity index (χ2n) is 6.32. The molecule has 0 heterocycles. The highest BCUT2D eigenvalue weighted by molar-refractivity contribution is 8.00. The first-order chi connectivity index (χ1) is 15.0. The van der Waals surface area contributed by atoms with Gasteiger partial charge in [0.05, 0.1) is 16.9 Å². The van der Waals surface area contributed by atoms with Crippen LogP contribution in [0.15, 0.2) is 82.8 Å². The molecule has 0 aliphatic rings. The summed E-state index contributed by atoms with van der Waals surface area (Å²) in [6, 6.07) is 20.7. The van der Waals surface area contributed by atoms with Crippen LogP contribution >= 0.6 is 23.4 Å². The molecule has 0 fully saturated rings. The molecule has 3 aromatic carbocycles. The molecule has 0 bridgehead atoms. The number of nitrogens with zero attached hydrogens (tertiary/aromatic N) is 2. The second kappa shape index (κ2) is 11.1. The largest absolute Gasteiger partial charge is 0.489 e. The van der Waals surface area contributed by atoms with E-state index in [0.717, 1.165) is 16.0 Å². The average molecular weight is 456 g/mol. The normalized spacial score (nSPS) is 10.7. The van der Waals surface area contributed by atoms with E-state index in [1.165, 1.54) is 23.9 Å². The van der Waals surface area contributed by atoms with Crippen molar-refractivity contribution in [3.8, 4) is 5.75 Å². The number of rotatable bonds is 9. The summed E-state index contributed by atoms with van der Waals surface area (Å²) in [5, 5.41) is 15.3. The van der Waals surface area contributed by atoms with Gasteiger partial charge in [0.25, 0.3) is 5.69 Å². The summed E-state index contributed by atoms with van der Waals surface area (Å²) in [5.74, 6) is 0.687. The fraction of sp³-hybridized carbons (Fsp3) is 0.0909. The number of nitrogens with one attached hydrogen (secondary N) is 1. The van der Waals surface area contributed by atoms with Crippen molar-refractivity contribution in [3.05, 3.63) is 99.1 Å². The molecule has 158 valence electrons. The Hall–Kier alpha value is -3.36. The average Bonchev–Trinajstić information content (AvgIpc) is 2.78. The zero-order valence-electron chi connectivity index (χ0n) is 16.2. The summed E-state index contributed by atoms with van der Waals surface area (Å²) in [5.41, 5.74) is 4.16. The van der Waals surface area contributed by atoms with Gasteiger partial charge in [-0.15, -0.1) is 11.8 Å². The van der Waals surface area contributed by atoms with Crippen molar-refractivity contribution in [2.45, 2.75) is 11.5 Å². The first kappa shape index (κ1) is 22.3. The van der Waals surface area contributed by atoms with E-state index in [0.29, 0.717) is 17.4 Å². The van der Waals surface area contributed by atoms with Crippen LogP contribution in [0.1, 0.15) is 11.1 Å². The fourth-order valence-electron chi connectivity index (χ4n) is 2.42. The summed E-state index contributed by atoms with van der Waals surface area (Å²) < 4.78 is 5.68. The quantitative estimate of drug-likeness (QED) is 0.210. The Labute approximate surface area is 188 Å². The number of benzene rings is 3. The molecule has 3 aromatic rings. The molecule has 9 heteroatoms. The van der Waals surface area contributed by atoms with Crippen LogP contribution in [0.2, 0.25) is 5.02 Å². The highest BCUT2D eigenvalue weighted by atomic mass is 35.5. The molecule has 7 nitrogen and oxygen atoms in total. The molecule has 0 unspecified atom stereocenters. The number of hydrogen-bond donors (Lipinski definition) is 1. The molecule has 1 N–H and O–H groups in total. The van der Waals surface area contributed by atoms with Crippen LogP contribution in [0.25, 0.3) is 0 Å². The summed E-state index contributed by atoms with van der Waals surface area (Å²) in [7, 11) is 0. The number of carbonyl (C=O) groups is 1. The second-order valence-corrected chi connectivity index (χ2v) is 7.80. The Morgan fingerprint density at radius 2 is 1.74 bits per heavy atom. The lowest BCUT2D eigenvalue weighted by Crippen LogP contribution is -2.19. The molecule has 0 atom stereocenters. The summed E-state index contributed by atoms with van der Waals surface area (Å²) in [6.45, 7) is 0.298. The summed E-state index contributed by atoms with van der Waals surface area (Å²) >= 11 is 7.23. The molecule has 0 aliphatic heterocycles. The molecule has 0 saturated carbocycles. The Morgan fingerprint density at radius 3 is 2.39 bits per heavy atom. The van der Waals surface area contributed by atoms with Gasteiger partial charge in [-0.05, 0) is 71.8 Å². The molecule has 1 amide bonds. The Balaban J connectivity index is 1.41. The van der Waals surface area contributed by atoms with Crippen molar-refractivity contribution < 1.29 is 14.5 Å². The van der Waals surface area contributed by atoms with E-state index in [-0.39, 0.29) is 17.3 Å². The lowest BCUT2D eigenvalue weighted by atomic mass is 10.2. The van der Waals surface area contributed by atoms with Gasteiger partial charge < -0.3 is 4.74 Å². The minimum Gasteiger partial charge on any atom is -0.489 e. The highest BCUT2D eigenvalue weighted by Gasteiger charge is 2.04. The smallest absolute Gasteiger partial charge is 0.269 e. The van der Waals surface area contributed by atoms with Crippen LogP contribution in [0, 0.1) is 10.1 Å². The van der Waals surface area contributed by atoms with Crippen molar-refractivity contribution in [2.75, 3.05) is 5.75 Å². The zero-order valence-corrected chi connectivity index (χ0v) is 17.8. The van der Waals surface area contributed by atoms with Crippen LogP contribution in [0.5, 0.6) is 5.75 Å². The molecular weight excluding hydrogens is 438 g/mol. The van der Waals surface area contributed by atoms with Crippen molar-refractivity contribution in [1.29, 1.82) is 0 Å². The van der Waals surface area contributed by atoms with Crippen LogP contribution in [0.4, 0.5) is 5.69 Å². The van der Waals surface area contributed by atoms with Crippen LogP contribution < -0.4 is 10.2 Å².